The van der Waals surface area contributed by atoms with E-state index in [4.69, 9.17) is 27.9 Å². The second kappa shape index (κ2) is 11.6. The lowest BCUT2D eigenvalue weighted by molar-refractivity contribution is -0.139. The highest BCUT2D eigenvalue weighted by atomic mass is 35.5. The number of ether oxygens (including phenoxy) is 1. The van der Waals surface area contributed by atoms with Gasteiger partial charge in [-0.1, -0.05) is 29.3 Å². The van der Waals surface area contributed by atoms with Crippen LogP contribution in [-0.2, 0) is 26.2 Å². The van der Waals surface area contributed by atoms with Crippen molar-refractivity contribution in [2.75, 3.05) is 30.8 Å². The topological polar surface area (TPSA) is 96.0 Å². The van der Waals surface area contributed by atoms with Gasteiger partial charge in [-0.25, -0.2) is 8.42 Å². The van der Waals surface area contributed by atoms with Gasteiger partial charge in [0.15, 0.2) is 0 Å². The zero-order valence-corrected chi connectivity index (χ0v) is 21.2. The summed E-state index contributed by atoms with van der Waals surface area (Å²) in [5.74, 6) is -0.436. The highest BCUT2D eigenvalue weighted by Crippen LogP contribution is 2.27. The van der Waals surface area contributed by atoms with Gasteiger partial charge < -0.3 is 15.0 Å². The van der Waals surface area contributed by atoms with Crippen LogP contribution >= 0.6 is 23.2 Å². The number of halogens is 2. The van der Waals surface area contributed by atoms with Crippen molar-refractivity contribution in [1.29, 1.82) is 0 Å². The maximum Gasteiger partial charge on any atom is 0.244 e. The Bertz CT molecular complexity index is 1070. The normalized spacial score (nSPS) is 12.1. The third-order valence-corrected chi connectivity index (χ3v) is 6.80. The number of carbonyl (C=O) groups excluding carboxylic acids is 2. The molecule has 11 heteroatoms. The first-order chi connectivity index (χ1) is 15.5. The van der Waals surface area contributed by atoms with Gasteiger partial charge in [0.1, 0.15) is 18.3 Å². The van der Waals surface area contributed by atoms with Crippen LogP contribution in [0.25, 0.3) is 0 Å². The van der Waals surface area contributed by atoms with E-state index in [1.54, 1.807) is 44.2 Å². The molecule has 180 valence electrons. The van der Waals surface area contributed by atoms with Gasteiger partial charge in [0.2, 0.25) is 21.8 Å². The fourth-order valence-corrected chi connectivity index (χ4v) is 4.49. The van der Waals surface area contributed by atoms with E-state index in [-0.39, 0.29) is 18.1 Å². The molecule has 0 aliphatic carbocycles. The minimum Gasteiger partial charge on any atom is -0.497 e. The molecule has 0 heterocycles. The van der Waals surface area contributed by atoms with Gasteiger partial charge in [0.25, 0.3) is 0 Å². The lowest BCUT2D eigenvalue weighted by atomic mass is 10.1. The summed E-state index contributed by atoms with van der Waals surface area (Å²) in [6.07, 6.45) is 1.01. The van der Waals surface area contributed by atoms with Crippen LogP contribution in [0.3, 0.4) is 0 Å². The summed E-state index contributed by atoms with van der Waals surface area (Å²) in [7, 11) is -2.33. The first-order valence-electron chi connectivity index (χ1n) is 10.1. The number of hydrogen-bond donors (Lipinski definition) is 1. The number of amides is 2. The molecule has 1 N–H and O–H groups in total. The Labute approximate surface area is 204 Å². The summed E-state index contributed by atoms with van der Waals surface area (Å²) < 4.78 is 31.1. The number of benzene rings is 2. The zero-order valence-electron chi connectivity index (χ0n) is 18.8. The molecule has 0 saturated heterocycles. The molecule has 33 heavy (non-hydrogen) atoms. The molecule has 0 radical (unpaired) electrons. The van der Waals surface area contributed by atoms with Crippen LogP contribution in [0.1, 0.15) is 19.4 Å². The monoisotopic (exact) mass is 515 g/mol. The van der Waals surface area contributed by atoms with Gasteiger partial charge in [0.05, 0.1) is 19.1 Å². The van der Waals surface area contributed by atoms with Crippen molar-refractivity contribution in [3.63, 3.8) is 0 Å². The van der Waals surface area contributed by atoms with E-state index in [2.05, 4.69) is 5.32 Å². The van der Waals surface area contributed by atoms with Crippen molar-refractivity contribution in [2.24, 2.45) is 0 Å². The summed E-state index contributed by atoms with van der Waals surface area (Å²) in [5, 5.41) is 3.34. The molecule has 2 rings (SSSR count). The molecule has 8 nitrogen and oxygen atoms in total. The van der Waals surface area contributed by atoms with Gasteiger partial charge in [-0.3, -0.25) is 13.9 Å². The first kappa shape index (κ1) is 26.8. The highest BCUT2D eigenvalue weighted by molar-refractivity contribution is 7.92. The van der Waals surface area contributed by atoms with Crippen LogP contribution in [-0.4, -0.2) is 57.6 Å². The minimum absolute atomic E-state index is 0.0736. The molecule has 0 saturated carbocycles. The molecule has 1 unspecified atom stereocenters. The number of nitrogens with zero attached hydrogens (tertiary/aromatic N) is 2. The second-order valence-electron chi connectivity index (χ2n) is 7.26. The largest absolute Gasteiger partial charge is 0.497 e. The van der Waals surface area contributed by atoms with Crippen molar-refractivity contribution in [3.8, 4) is 5.75 Å². The summed E-state index contributed by atoms with van der Waals surface area (Å²) in [4.78, 5) is 27.2. The Hall–Kier alpha value is -2.49. The quantitative estimate of drug-likeness (QED) is 0.523. The SMILES string of the molecule is CCNC(=O)C(C)N(Cc1c(Cl)cccc1Cl)C(=O)CN(c1ccc(OC)cc1)S(C)(=O)=O. The second-order valence-corrected chi connectivity index (χ2v) is 9.98. The summed E-state index contributed by atoms with van der Waals surface area (Å²) in [6.45, 7) is 3.11. The molecule has 0 aromatic heterocycles. The van der Waals surface area contributed by atoms with Crippen LogP contribution in [0.4, 0.5) is 5.69 Å². The molecule has 0 spiro atoms. The molecule has 2 amide bonds. The highest BCUT2D eigenvalue weighted by Gasteiger charge is 2.30. The Morgan fingerprint density at radius 3 is 2.15 bits per heavy atom. The number of carbonyl (C=O) groups is 2. The number of hydrogen-bond acceptors (Lipinski definition) is 5. The average Bonchev–Trinajstić information content (AvgIpc) is 2.76. The van der Waals surface area contributed by atoms with Crippen molar-refractivity contribution in [1.82, 2.24) is 10.2 Å². The van der Waals surface area contributed by atoms with Gasteiger partial charge in [0, 0.05) is 28.7 Å². The number of sulfonamides is 1. The van der Waals surface area contributed by atoms with E-state index in [1.807, 2.05) is 0 Å². The van der Waals surface area contributed by atoms with Crippen molar-refractivity contribution >= 4 is 50.7 Å². The Kier molecular flexibility index (Phi) is 9.39. The molecule has 0 aliphatic rings. The molecule has 0 aliphatic heterocycles. The number of rotatable bonds is 10. The summed E-state index contributed by atoms with van der Waals surface area (Å²) in [6, 6.07) is 10.3. The number of nitrogens with one attached hydrogen (secondary N) is 1. The number of anilines is 1. The fraction of sp³-hybridized carbons (Fsp3) is 0.364. The lowest BCUT2D eigenvalue weighted by Gasteiger charge is -2.31. The Morgan fingerprint density at radius 1 is 1.09 bits per heavy atom. The van der Waals surface area contributed by atoms with Crippen molar-refractivity contribution in [3.05, 3.63) is 58.1 Å². The standard InChI is InChI=1S/C22H27Cl2N3O5S/c1-5-25-22(29)15(2)26(13-18-19(23)7-6-8-20(18)24)21(28)14-27(33(4,30)31)16-9-11-17(32-3)12-10-16/h6-12,15H,5,13-14H2,1-4H3,(H,25,29). The van der Waals surface area contributed by atoms with Gasteiger partial charge in [-0.15, -0.1) is 0 Å². The van der Waals surface area contributed by atoms with Crippen LogP contribution in [0.5, 0.6) is 5.75 Å². The lowest BCUT2D eigenvalue weighted by Crippen LogP contribution is -2.51. The third-order valence-electron chi connectivity index (χ3n) is 4.95. The maximum absolute atomic E-state index is 13.4. The average molecular weight is 516 g/mol. The Balaban J connectivity index is 2.43. The predicted octanol–water partition coefficient (Wildman–Crippen LogP) is 3.32. The maximum atomic E-state index is 13.4. The van der Waals surface area contributed by atoms with Crippen LogP contribution in [0.15, 0.2) is 42.5 Å². The zero-order chi connectivity index (χ0) is 24.8. The van der Waals surface area contributed by atoms with E-state index in [0.29, 0.717) is 27.9 Å². The fourth-order valence-electron chi connectivity index (χ4n) is 3.12. The molecule has 0 fully saturated rings. The minimum atomic E-state index is -3.82. The van der Waals surface area contributed by atoms with Crippen LogP contribution in [0, 0.1) is 0 Å². The molecule has 2 aromatic carbocycles. The Morgan fingerprint density at radius 2 is 1.67 bits per heavy atom. The van der Waals surface area contributed by atoms with E-state index >= 15 is 0 Å². The summed E-state index contributed by atoms with van der Waals surface area (Å²) >= 11 is 12.6. The van der Waals surface area contributed by atoms with Gasteiger partial charge in [-0.2, -0.15) is 0 Å². The number of methoxy groups -OCH3 is 1. The van der Waals surface area contributed by atoms with Crippen LogP contribution < -0.4 is 14.4 Å². The van der Waals surface area contributed by atoms with Gasteiger partial charge >= 0.3 is 0 Å². The molecule has 2 aromatic rings. The predicted molar refractivity (Wildman–Crippen MR) is 130 cm³/mol. The number of likely N-dealkylation sites (N-methyl/N-ethyl adjacent to an activating group) is 1. The first-order valence-corrected chi connectivity index (χ1v) is 12.7. The molecule has 0 bridgehead atoms. The summed E-state index contributed by atoms with van der Waals surface area (Å²) in [5.41, 5.74) is 0.744. The van der Waals surface area contributed by atoms with Crippen molar-refractivity contribution < 1.29 is 22.7 Å². The van der Waals surface area contributed by atoms with E-state index in [1.165, 1.54) is 24.1 Å². The van der Waals surface area contributed by atoms with E-state index < -0.39 is 28.5 Å². The van der Waals surface area contributed by atoms with E-state index in [9.17, 15) is 18.0 Å². The van der Waals surface area contributed by atoms with Crippen molar-refractivity contribution in [2.45, 2.75) is 26.4 Å². The smallest absolute Gasteiger partial charge is 0.244 e. The molecule has 1 atom stereocenters. The molecular formula is C22H27Cl2N3O5S. The van der Waals surface area contributed by atoms with E-state index in [0.717, 1.165) is 10.6 Å². The van der Waals surface area contributed by atoms with Crippen LogP contribution in [0.2, 0.25) is 10.0 Å². The third kappa shape index (κ3) is 6.99. The molecular weight excluding hydrogens is 489 g/mol. The van der Waals surface area contributed by atoms with Gasteiger partial charge in [-0.05, 0) is 50.2 Å².